The summed E-state index contributed by atoms with van der Waals surface area (Å²) < 4.78 is 0. The van der Waals surface area contributed by atoms with Crippen molar-refractivity contribution in [2.24, 2.45) is 11.7 Å². The summed E-state index contributed by atoms with van der Waals surface area (Å²) in [6, 6.07) is 3.50. The standard InChI is InChI=1S/C12H20N4O/c1-4-9-6-8(3)7-11(10(9)5-2)16(14)12(17)15-13/h6-7H,4-5,13-14H2,1-3H3,(H,15,17). The number of benzene rings is 1. The van der Waals surface area contributed by atoms with E-state index in [1.807, 2.05) is 25.3 Å². The van der Waals surface area contributed by atoms with E-state index in [1.165, 1.54) is 5.56 Å². The molecule has 0 bridgehead atoms. The van der Waals surface area contributed by atoms with Gasteiger partial charge in [-0.05, 0) is 42.5 Å². The quantitative estimate of drug-likeness (QED) is 0.421. The lowest BCUT2D eigenvalue weighted by Crippen LogP contribution is -2.48. The Morgan fingerprint density at radius 2 is 2.00 bits per heavy atom. The predicted octanol–water partition coefficient (Wildman–Crippen LogP) is 1.38. The number of hydrogen-bond donors (Lipinski definition) is 3. The highest BCUT2D eigenvalue weighted by Crippen LogP contribution is 2.25. The third-order valence-corrected chi connectivity index (χ3v) is 2.80. The van der Waals surface area contributed by atoms with E-state index in [1.54, 1.807) is 0 Å². The zero-order valence-electron chi connectivity index (χ0n) is 10.6. The molecule has 17 heavy (non-hydrogen) atoms. The fourth-order valence-electron chi connectivity index (χ4n) is 1.99. The first-order chi connectivity index (χ1) is 8.04. The van der Waals surface area contributed by atoms with E-state index in [9.17, 15) is 4.79 Å². The zero-order chi connectivity index (χ0) is 13.0. The SMILES string of the molecule is CCc1cc(C)cc(N(N)C(=O)NN)c1CC. The van der Waals surface area contributed by atoms with E-state index in [4.69, 9.17) is 11.7 Å². The Balaban J connectivity index is 3.30. The summed E-state index contributed by atoms with van der Waals surface area (Å²) in [5, 5.41) is 1.06. The molecule has 0 atom stereocenters. The van der Waals surface area contributed by atoms with Crippen molar-refractivity contribution >= 4 is 11.7 Å². The molecule has 1 aromatic rings. The minimum atomic E-state index is -0.521. The highest BCUT2D eigenvalue weighted by molar-refractivity contribution is 5.91. The molecule has 1 rings (SSSR count). The highest BCUT2D eigenvalue weighted by Gasteiger charge is 2.16. The van der Waals surface area contributed by atoms with E-state index in [0.29, 0.717) is 5.69 Å². The lowest BCUT2D eigenvalue weighted by molar-refractivity contribution is 0.246. The molecule has 0 aromatic heterocycles. The Labute approximate surface area is 102 Å². The molecule has 0 aliphatic heterocycles. The minimum Gasteiger partial charge on any atom is -0.274 e. The van der Waals surface area contributed by atoms with Gasteiger partial charge in [-0.1, -0.05) is 19.9 Å². The molecule has 0 aliphatic carbocycles. The topological polar surface area (TPSA) is 84.4 Å². The molecule has 0 fully saturated rings. The number of hydrogen-bond acceptors (Lipinski definition) is 3. The van der Waals surface area contributed by atoms with Gasteiger partial charge in [0, 0.05) is 0 Å². The van der Waals surface area contributed by atoms with Gasteiger partial charge in [0.25, 0.3) is 0 Å². The summed E-state index contributed by atoms with van der Waals surface area (Å²) in [4.78, 5) is 11.5. The number of aryl methyl sites for hydroxylation is 2. The molecule has 0 aliphatic rings. The molecule has 5 N–H and O–H groups in total. The number of nitrogens with one attached hydrogen (secondary N) is 1. The molecule has 0 saturated heterocycles. The molecule has 1 aromatic carbocycles. The van der Waals surface area contributed by atoms with Crippen LogP contribution in [0.2, 0.25) is 0 Å². The van der Waals surface area contributed by atoms with Gasteiger partial charge < -0.3 is 0 Å². The van der Waals surface area contributed by atoms with Gasteiger partial charge in [0.15, 0.2) is 0 Å². The fraction of sp³-hybridized carbons (Fsp3) is 0.417. The molecule has 5 nitrogen and oxygen atoms in total. The smallest absolute Gasteiger partial charge is 0.274 e. The van der Waals surface area contributed by atoms with Crippen LogP contribution in [-0.2, 0) is 12.8 Å². The second kappa shape index (κ2) is 5.65. The van der Waals surface area contributed by atoms with Crippen LogP contribution in [0.25, 0.3) is 0 Å². The first kappa shape index (κ1) is 13.5. The molecule has 2 amide bonds. The van der Waals surface area contributed by atoms with E-state index >= 15 is 0 Å². The van der Waals surface area contributed by atoms with Gasteiger partial charge in [-0.25, -0.2) is 21.5 Å². The highest BCUT2D eigenvalue weighted by atomic mass is 16.2. The number of anilines is 1. The summed E-state index contributed by atoms with van der Waals surface area (Å²) in [7, 11) is 0. The Morgan fingerprint density at radius 3 is 2.47 bits per heavy atom. The average Bonchev–Trinajstić information content (AvgIpc) is 2.35. The first-order valence-electron chi connectivity index (χ1n) is 5.72. The number of amides is 2. The van der Waals surface area contributed by atoms with Gasteiger partial charge in [-0.3, -0.25) is 5.43 Å². The van der Waals surface area contributed by atoms with Crippen LogP contribution in [0.4, 0.5) is 10.5 Å². The number of nitrogens with two attached hydrogens (primary N) is 2. The monoisotopic (exact) mass is 236 g/mol. The Bertz CT molecular complexity index is 417. The molecular weight excluding hydrogens is 216 g/mol. The summed E-state index contributed by atoms with van der Waals surface area (Å²) in [5.74, 6) is 10.8. The average molecular weight is 236 g/mol. The molecule has 0 saturated carbocycles. The van der Waals surface area contributed by atoms with Gasteiger partial charge in [-0.2, -0.15) is 0 Å². The van der Waals surface area contributed by atoms with Crippen molar-refractivity contribution in [2.75, 3.05) is 5.01 Å². The van der Waals surface area contributed by atoms with Gasteiger partial charge in [0.1, 0.15) is 0 Å². The summed E-state index contributed by atoms with van der Waals surface area (Å²) >= 11 is 0. The molecule has 94 valence electrons. The molecule has 0 unspecified atom stereocenters. The predicted molar refractivity (Wildman–Crippen MR) is 69.3 cm³/mol. The first-order valence-corrected chi connectivity index (χ1v) is 5.72. The lowest BCUT2D eigenvalue weighted by Gasteiger charge is -2.21. The van der Waals surface area contributed by atoms with Crippen LogP contribution in [0.15, 0.2) is 12.1 Å². The van der Waals surface area contributed by atoms with Crippen LogP contribution in [0, 0.1) is 6.92 Å². The number of urea groups is 1. The number of nitrogens with zero attached hydrogens (tertiary/aromatic N) is 1. The van der Waals surface area contributed by atoms with Crippen LogP contribution in [-0.4, -0.2) is 6.03 Å². The summed E-state index contributed by atoms with van der Waals surface area (Å²) in [5.41, 5.74) is 6.12. The van der Waals surface area contributed by atoms with Crippen molar-refractivity contribution in [1.82, 2.24) is 5.43 Å². The van der Waals surface area contributed by atoms with Crippen molar-refractivity contribution < 1.29 is 4.79 Å². The van der Waals surface area contributed by atoms with Crippen molar-refractivity contribution in [2.45, 2.75) is 33.6 Å². The second-order valence-electron chi connectivity index (χ2n) is 3.95. The molecule has 0 heterocycles. The minimum absolute atomic E-state index is 0.521. The molecule has 5 heteroatoms. The number of carbonyl (C=O) groups excluding carboxylic acids is 1. The van der Waals surface area contributed by atoms with E-state index in [0.717, 1.165) is 29.0 Å². The van der Waals surface area contributed by atoms with Gasteiger partial charge in [-0.15, -0.1) is 0 Å². The lowest BCUT2D eigenvalue weighted by atomic mass is 9.98. The maximum absolute atomic E-state index is 11.5. The Morgan fingerprint density at radius 1 is 1.35 bits per heavy atom. The maximum atomic E-state index is 11.5. The largest absolute Gasteiger partial charge is 0.350 e. The van der Waals surface area contributed by atoms with Crippen molar-refractivity contribution in [1.29, 1.82) is 0 Å². The summed E-state index contributed by atoms with van der Waals surface area (Å²) in [6.45, 7) is 6.11. The van der Waals surface area contributed by atoms with Crippen molar-refractivity contribution in [3.8, 4) is 0 Å². The zero-order valence-corrected chi connectivity index (χ0v) is 10.6. The molecular formula is C12H20N4O. The number of carbonyl (C=O) groups is 1. The van der Waals surface area contributed by atoms with Gasteiger partial charge >= 0.3 is 6.03 Å². The Hall–Kier alpha value is -1.59. The second-order valence-corrected chi connectivity index (χ2v) is 3.95. The van der Waals surface area contributed by atoms with Crippen LogP contribution >= 0.6 is 0 Å². The molecule has 0 radical (unpaired) electrons. The van der Waals surface area contributed by atoms with Crippen LogP contribution in [0.1, 0.15) is 30.5 Å². The Kier molecular flexibility index (Phi) is 4.48. The summed E-state index contributed by atoms with van der Waals surface area (Å²) in [6.07, 6.45) is 1.74. The van der Waals surface area contributed by atoms with Crippen LogP contribution in [0.3, 0.4) is 0 Å². The van der Waals surface area contributed by atoms with Gasteiger partial charge in [0.05, 0.1) is 5.69 Å². The third kappa shape index (κ3) is 2.75. The molecule has 0 spiro atoms. The van der Waals surface area contributed by atoms with E-state index in [-0.39, 0.29) is 0 Å². The van der Waals surface area contributed by atoms with Crippen molar-refractivity contribution in [3.63, 3.8) is 0 Å². The maximum Gasteiger partial charge on any atom is 0.350 e. The van der Waals surface area contributed by atoms with E-state index < -0.39 is 6.03 Å². The van der Waals surface area contributed by atoms with Gasteiger partial charge in [0.2, 0.25) is 0 Å². The third-order valence-electron chi connectivity index (χ3n) is 2.80. The van der Waals surface area contributed by atoms with E-state index in [2.05, 4.69) is 13.0 Å². The fourth-order valence-corrected chi connectivity index (χ4v) is 1.99. The van der Waals surface area contributed by atoms with Crippen LogP contribution in [0.5, 0.6) is 0 Å². The van der Waals surface area contributed by atoms with Crippen molar-refractivity contribution in [3.05, 3.63) is 28.8 Å². The normalized spacial score (nSPS) is 10.2. The van der Waals surface area contributed by atoms with Crippen LogP contribution < -0.4 is 22.1 Å². The number of rotatable bonds is 3. The number of hydrazine groups is 2.